The van der Waals surface area contributed by atoms with Crippen molar-refractivity contribution in [2.45, 2.75) is 51.5 Å². The molecule has 1 aromatic carbocycles. The summed E-state index contributed by atoms with van der Waals surface area (Å²) in [7, 11) is 0. The fourth-order valence-electron chi connectivity index (χ4n) is 2.82. The van der Waals surface area contributed by atoms with Crippen molar-refractivity contribution in [3.63, 3.8) is 0 Å². The van der Waals surface area contributed by atoms with Gasteiger partial charge in [0.05, 0.1) is 10.7 Å². The van der Waals surface area contributed by atoms with Crippen molar-refractivity contribution < 1.29 is 0 Å². The summed E-state index contributed by atoms with van der Waals surface area (Å²) in [6, 6.07) is 7.90. The van der Waals surface area contributed by atoms with Gasteiger partial charge in [-0.15, -0.1) is 0 Å². The Morgan fingerprint density at radius 2 is 1.64 bits per heavy atom. The van der Waals surface area contributed by atoms with Gasteiger partial charge in [0.2, 0.25) is 0 Å². The predicted molar refractivity (Wildman–Crippen MR) is 94.6 cm³/mol. The predicted octanol–water partition coefficient (Wildman–Crippen LogP) is 5.39. The van der Waals surface area contributed by atoms with Crippen LogP contribution < -0.4 is 5.73 Å². The Labute approximate surface area is 142 Å². The highest BCUT2D eigenvalue weighted by atomic mass is 35.5. The van der Waals surface area contributed by atoms with Gasteiger partial charge < -0.3 is 5.73 Å². The van der Waals surface area contributed by atoms with E-state index in [1.165, 1.54) is 0 Å². The lowest BCUT2D eigenvalue weighted by molar-refractivity contribution is 0.390. The van der Waals surface area contributed by atoms with E-state index in [0.717, 1.165) is 47.7 Å². The number of hydrogen-bond acceptors (Lipinski definition) is 2. The molecule has 0 bridgehead atoms. The van der Waals surface area contributed by atoms with Crippen LogP contribution in [-0.4, -0.2) is 16.2 Å². The molecule has 3 rings (SSSR count). The van der Waals surface area contributed by atoms with Crippen LogP contribution in [0.2, 0.25) is 10.0 Å². The number of aromatic nitrogens is 2. The zero-order valence-corrected chi connectivity index (χ0v) is 14.6. The van der Waals surface area contributed by atoms with Crippen LogP contribution in [-0.2, 0) is 0 Å². The van der Waals surface area contributed by atoms with Gasteiger partial charge in [-0.2, -0.15) is 5.10 Å². The van der Waals surface area contributed by atoms with E-state index in [2.05, 4.69) is 10.2 Å². The van der Waals surface area contributed by atoms with E-state index in [-0.39, 0.29) is 0 Å². The molecule has 0 radical (unpaired) electrons. The van der Waals surface area contributed by atoms with Crippen LogP contribution in [0.15, 0.2) is 24.3 Å². The van der Waals surface area contributed by atoms with Crippen LogP contribution in [0.1, 0.15) is 51.1 Å². The average Bonchev–Trinajstić information content (AvgIpc) is 2.93. The van der Waals surface area contributed by atoms with Crippen LogP contribution in [0.5, 0.6) is 0 Å². The summed E-state index contributed by atoms with van der Waals surface area (Å²) in [5, 5.41) is 8.93. The largest absolute Gasteiger partial charge is 0.328 e. The Bertz CT molecular complexity index is 584. The second kappa shape index (κ2) is 8.00. The maximum Gasteiger partial charge on any atom is 0.111 e. The highest BCUT2D eigenvalue weighted by molar-refractivity contribution is 6.34. The topological polar surface area (TPSA) is 54.7 Å². The van der Waals surface area contributed by atoms with E-state index >= 15 is 0 Å². The summed E-state index contributed by atoms with van der Waals surface area (Å²) in [4.78, 5) is 0. The van der Waals surface area contributed by atoms with E-state index < -0.39 is 0 Å². The monoisotopic (exact) mass is 339 g/mol. The number of rotatable bonds is 2. The van der Waals surface area contributed by atoms with Crippen LogP contribution in [0.3, 0.4) is 0 Å². The van der Waals surface area contributed by atoms with Gasteiger partial charge in [-0.05, 0) is 37.8 Å². The number of hydrogen-bond donors (Lipinski definition) is 2. The zero-order valence-electron chi connectivity index (χ0n) is 13.1. The molecule has 120 valence electrons. The van der Waals surface area contributed by atoms with Gasteiger partial charge in [0.25, 0.3) is 0 Å². The third-order valence-corrected chi connectivity index (χ3v) is 4.66. The highest BCUT2D eigenvalue weighted by Gasteiger charge is 2.25. The molecule has 0 amide bonds. The zero-order chi connectivity index (χ0) is 16.1. The summed E-state index contributed by atoms with van der Waals surface area (Å²) in [6.07, 6.45) is 4.25. The van der Waals surface area contributed by atoms with Crippen LogP contribution in [0.25, 0.3) is 11.3 Å². The Kier molecular flexibility index (Phi) is 6.30. The Morgan fingerprint density at radius 3 is 2.23 bits per heavy atom. The van der Waals surface area contributed by atoms with Crippen molar-refractivity contribution in [1.29, 1.82) is 0 Å². The number of halogens is 2. The fourth-order valence-corrected chi connectivity index (χ4v) is 3.29. The minimum atomic E-state index is 0.337. The first-order valence-electron chi connectivity index (χ1n) is 7.90. The van der Waals surface area contributed by atoms with Crippen molar-refractivity contribution in [1.82, 2.24) is 10.2 Å². The first-order chi connectivity index (χ1) is 10.6. The van der Waals surface area contributed by atoms with E-state index in [1.54, 1.807) is 0 Å². The Balaban J connectivity index is 0.000000847. The van der Waals surface area contributed by atoms with Gasteiger partial charge in [-0.1, -0.05) is 49.2 Å². The molecule has 1 heterocycles. The van der Waals surface area contributed by atoms with E-state index in [9.17, 15) is 0 Å². The standard InChI is InChI=1S/C15H17Cl2N3.C2H6/c16-11-5-1-9(2-6-11)14-13(17)15(20-19-14)10-3-7-12(18)8-4-10;1-2/h1-2,5-6,10,12H,3-4,7-8,18H2,(H,19,20);1-2H3. The molecule has 22 heavy (non-hydrogen) atoms. The lowest BCUT2D eigenvalue weighted by Gasteiger charge is -2.25. The molecular weight excluding hydrogens is 317 g/mol. The molecule has 3 N–H and O–H groups in total. The second-order valence-corrected chi connectivity index (χ2v) is 6.23. The van der Waals surface area contributed by atoms with Crippen molar-refractivity contribution in [2.75, 3.05) is 0 Å². The molecular formula is C17H23Cl2N3. The summed E-state index contributed by atoms with van der Waals surface area (Å²) >= 11 is 12.4. The Morgan fingerprint density at radius 1 is 1.05 bits per heavy atom. The van der Waals surface area contributed by atoms with Crippen LogP contribution >= 0.6 is 23.2 Å². The van der Waals surface area contributed by atoms with Gasteiger partial charge in [0, 0.05) is 22.5 Å². The molecule has 1 saturated carbocycles. The number of benzene rings is 1. The summed E-state index contributed by atoms with van der Waals surface area (Å²) in [5.74, 6) is 0.441. The molecule has 0 saturated heterocycles. The number of aromatic amines is 1. The van der Waals surface area contributed by atoms with Gasteiger partial charge in [-0.3, -0.25) is 5.10 Å². The number of H-pyrrole nitrogens is 1. The third-order valence-electron chi connectivity index (χ3n) is 4.03. The molecule has 0 atom stereocenters. The van der Waals surface area contributed by atoms with Gasteiger partial charge in [0.15, 0.2) is 0 Å². The van der Waals surface area contributed by atoms with Gasteiger partial charge >= 0.3 is 0 Å². The first kappa shape index (κ1) is 17.3. The van der Waals surface area contributed by atoms with E-state index in [1.807, 2.05) is 38.1 Å². The number of nitrogens with zero attached hydrogens (tertiary/aromatic N) is 1. The maximum absolute atomic E-state index is 6.51. The Hall–Kier alpha value is -1.03. The fraction of sp³-hybridized carbons (Fsp3) is 0.471. The van der Waals surface area contributed by atoms with Crippen molar-refractivity contribution in [2.24, 2.45) is 5.73 Å². The highest BCUT2D eigenvalue weighted by Crippen LogP contribution is 2.38. The van der Waals surface area contributed by atoms with E-state index in [4.69, 9.17) is 28.9 Å². The molecule has 1 fully saturated rings. The van der Waals surface area contributed by atoms with Crippen LogP contribution in [0, 0.1) is 0 Å². The molecule has 1 aromatic heterocycles. The van der Waals surface area contributed by atoms with Crippen LogP contribution in [0.4, 0.5) is 0 Å². The van der Waals surface area contributed by atoms with Crippen molar-refractivity contribution in [3.8, 4) is 11.3 Å². The molecule has 3 nitrogen and oxygen atoms in total. The minimum absolute atomic E-state index is 0.337. The van der Waals surface area contributed by atoms with Crippen molar-refractivity contribution >= 4 is 23.2 Å². The van der Waals surface area contributed by atoms with E-state index in [0.29, 0.717) is 17.0 Å². The molecule has 2 aromatic rings. The molecule has 1 aliphatic carbocycles. The SMILES string of the molecule is CC.NC1CCC(c2[nH]nc(-c3ccc(Cl)cc3)c2Cl)CC1. The summed E-state index contributed by atoms with van der Waals surface area (Å²) in [5.41, 5.74) is 8.78. The first-order valence-corrected chi connectivity index (χ1v) is 8.66. The lowest BCUT2D eigenvalue weighted by atomic mass is 9.84. The lowest BCUT2D eigenvalue weighted by Crippen LogP contribution is -2.25. The summed E-state index contributed by atoms with van der Waals surface area (Å²) < 4.78 is 0. The molecule has 0 aliphatic heterocycles. The maximum atomic E-state index is 6.51. The van der Waals surface area contributed by atoms with Crippen molar-refractivity contribution in [3.05, 3.63) is 40.0 Å². The number of nitrogens with two attached hydrogens (primary N) is 1. The smallest absolute Gasteiger partial charge is 0.111 e. The molecule has 5 heteroatoms. The quantitative estimate of drug-likeness (QED) is 0.769. The minimum Gasteiger partial charge on any atom is -0.328 e. The number of nitrogens with one attached hydrogen (secondary N) is 1. The summed E-state index contributed by atoms with van der Waals surface area (Å²) in [6.45, 7) is 4.00. The third kappa shape index (κ3) is 3.83. The second-order valence-electron chi connectivity index (χ2n) is 5.42. The normalized spacial score (nSPS) is 21.1. The van der Waals surface area contributed by atoms with Gasteiger partial charge in [-0.25, -0.2) is 0 Å². The molecule has 0 unspecified atom stereocenters. The van der Waals surface area contributed by atoms with Gasteiger partial charge in [0.1, 0.15) is 5.69 Å². The molecule has 0 spiro atoms. The molecule has 1 aliphatic rings. The average molecular weight is 340 g/mol.